The fourth-order valence-corrected chi connectivity index (χ4v) is 2.23. The maximum absolute atomic E-state index is 11.4. The molecule has 0 rings (SSSR count). The van der Waals surface area contributed by atoms with Gasteiger partial charge in [0.25, 0.3) is 0 Å². The van der Waals surface area contributed by atoms with E-state index in [2.05, 4.69) is 22.9 Å². The summed E-state index contributed by atoms with van der Waals surface area (Å²) in [5.74, 6) is -0.101. The Balaban J connectivity index is 3.13. The lowest BCUT2D eigenvalue weighted by Crippen LogP contribution is -2.16. The lowest BCUT2D eigenvalue weighted by molar-refractivity contribution is -0.147. The summed E-state index contributed by atoms with van der Waals surface area (Å²) in [7, 11) is 0. The van der Waals surface area contributed by atoms with Gasteiger partial charge in [-0.3, -0.25) is 4.79 Å². The Morgan fingerprint density at radius 3 is 1.89 bits per heavy atom. The van der Waals surface area contributed by atoms with E-state index in [-0.39, 0.29) is 11.9 Å². The van der Waals surface area contributed by atoms with E-state index >= 15 is 0 Å². The van der Waals surface area contributed by atoms with Gasteiger partial charge in [0.1, 0.15) is 0 Å². The van der Waals surface area contributed by atoms with E-state index in [4.69, 9.17) is 4.74 Å². The highest BCUT2D eigenvalue weighted by Gasteiger charge is 2.11. The van der Waals surface area contributed by atoms with Gasteiger partial charge in [0.15, 0.2) is 0 Å². The van der Waals surface area contributed by atoms with Crippen LogP contribution in [-0.2, 0) is 9.53 Å². The summed E-state index contributed by atoms with van der Waals surface area (Å²) in [6.07, 6.45) is 13.1. The third-order valence-corrected chi connectivity index (χ3v) is 4.35. The predicted octanol–water partition coefficient (Wildman–Crippen LogP) is 5.48. The van der Waals surface area contributed by atoms with Crippen LogP contribution in [-0.4, -0.2) is 17.9 Å². The van der Waals surface area contributed by atoms with Crippen LogP contribution in [0.2, 0.25) is 0 Å². The molecule has 0 fully saturated rings. The van der Waals surface area contributed by atoms with Crippen molar-refractivity contribution in [1.29, 1.82) is 0 Å². The van der Waals surface area contributed by atoms with Crippen molar-refractivity contribution >= 4 is 21.9 Å². The molecule has 0 radical (unpaired) electrons. The Bertz CT molecular complexity index is 207. The van der Waals surface area contributed by atoms with E-state index in [0.29, 0.717) is 11.9 Å². The molecule has 0 aliphatic carbocycles. The summed E-state index contributed by atoms with van der Waals surface area (Å²) in [5.41, 5.74) is 0. The highest BCUT2D eigenvalue weighted by Crippen LogP contribution is 2.11. The number of esters is 1. The third kappa shape index (κ3) is 12.7. The number of unbranched alkanes of at least 4 members (excludes halogenated alkanes) is 9. The number of carbonyl (C=O) groups excluding carboxylic acids is 1. The van der Waals surface area contributed by atoms with Crippen molar-refractivity contribution in [3.05, 3.63) is 0 Å². The fraction of sp³-hybridized carbons (Fsp3) is 0.938. The topological polar surface area (TPSA) is 26.3 Å². The van der Waals surface area contributed by atoms with E-state index in [9.17, 15) is 4.79 Å². The lowest BCUT2D eigenvalue weighted by atomic mass is 10.1. The quantitative estimate of drug-likeness (QED) is 0.253. The van der Waals surface area contributed by atoms with E-state index in [1.165, 1.54) is 57.8 Å². The number of ether oxygens (including phenoxy) is 1. The lowest BCUT2D eigenvalue weighted by Gasteiger charge is -2.08. The maximum atomic E-state index is 11.4. The third-order valence-electron chi connectivity index (χ3n) is 3.38. The average Bonchev–Trinajstić information content (AvgIpc) is 2.43. The van der Waals surface area contributed by atoms with Gasteiger partial charge < -0.3 is 4.74 Å². The van der Waals surface area contributed by atoms with Crippen LogP contribution in [0.3, 0.4) is 0 Å². The van der Waals surface area contributed by atoms with Crippen molar-refractivity contribution in [1.82, 2.24) is 0 Å². The number of carbonyl (C=O) groups is 1. The summed E-state index contributed by atoms with van der Waals surface area (Å²) < 4.78 is 5.20. The molecule has 19 heavy (non-hydrogen) atoms. The standard InChI is InChI=1S/C16H31BrO2/c1-3-4-5-6-7-8-9-10-11-12-13-19-16(18)15(2)14-17/h15H,3-14H2,1-2H3. The van der Waals surface area contributed by atoms with Crippen molar-refractivity contribution in [2.45, 2.75) is 78.1 Å². The molecule has 0 bridgehead atoms. The molecule has 0 aromatic heterocycles. The molecule has 0 saturated heterocycles. The van der Waals surface area contributed by atoms with Gasteiger partial charge in [0.05, 0.1) is 12.5 Å². The molecule has 114 valence electrons. The normalized spacial score (nSPS) is 12.4. The van der Waals surface area contributed by atoms with E-state index in [0.717, 1.165) is 6.42 Å². The number of hydrogen-bond donors (Lipinski definition) is 0. The summed E-state index contributed by atoms with van der Waals surface area (Å²) in [6, 6.07) is 0. The molecule has 3 heteroatoms. The second-order valence-electron chi connectivity index (χ2n) is 5.40. The van der Waals surface area contributed by atoms with Gasteiger partial charge in [-0.25, -0.2) is 0 Å². The zero-order valence-electron chi connectivity index (χ0n) is 12.8. The Morgan fingerprint density at radius 1 is 0.947 bits per heavy atom. The monoisotopic (exact) mass is 334 g/mol. The molecule has 1 unspecified atom stereocenters. The minimum Gasteiger partial charge on any atom is -0.465 e. The van der Waals surface area contributed by atoms with Gasteiger partial charge in [0, 0.05) is 5.33 Å². The van der Waals surface area contributed by atoms with Crippen LogP contribution in [0.1, 0.15) is 78.1 Å². The molecule has 0 heterocycles. The van der Waals surface area contributed by atoms with Crippen molar-refractivity contribution in [2.24, 2.45) is 5.92 Å². The van der Waals surface area contributed by atoms with Crippen LogP contribution in [0, 0.1) is 5.92 Å². The van der Waals surface area contributed by atoms with Gasteiger partial charge in [-0.2, -0.15) is 0 Å². The molecule has 0 aliphatic heterocycles. The van der Waals surface area contributed by atoms with Crippen LogP contribution in [0.5, 0.6) is 0 Å². The molecular weight excluding hydrogens is 304 g/mol. The summed E-state index contributed by atoms with van der Waals surface area (Å²) in [4.78, 5) is 11.4. The Kier molecular flexibility index (Phi) is 14.3. The van der Waals surface area contributed by atoms with Crippen LogP contribution < -0.4 is 0 Å². The van der Waals surface area contributed by atoms with Crippen LogP contribution in [0.25, 0.3) is 0 Å². The predicted molar refractivity (Wildman–Crippen MR) is 85.8 cm³/mol. The van der Waals surface area contributed by atoms with Gasteiger partial charge in [0.2, 0.25) is 0 Å². The van der Waals surface area contributed by atoms with Crippen molar-refractivity contribution < 1.29 is 9.53 Å². The molecule has 0 aromatic rings. The van der Waals surface area contributed by atoms with Gasteiger partial charge in [-0.1, -0.05) is 87.6 Å². The number of rotatable bonds is 13. The van der Waals surface area contributed by atoms with Crippen LogP contribution in [0.15, 0.2) is 0 Å². The minimum absolute atomic E-state index is 0.0249. The molecule has 1 atom stereocenters. The Morgan fingerprint density at radius 2 is 1.42 bits per heavy atom. The molecule has 0 aromatic carbocycles. The molecule has 0 aliphatic rings. The highest BCUT2D eigenvalue weighted by molar-refractivity contribution is 9.09. The summed E-state index contributed by atoms with van der Waals surface area (Å²) in [6.45, 7) is 4.73. The largest absolute Gasteiger partial charge is 0.465 e. The molecular formula is C16H31BrO2. The Labute approximate surface area is 127 Å². The zero-order chi connectivity index (χ0) is 14.3. The Hall–Kier alpha value is -0.0500. The minimum atomic E-state index is -0.0761. The SMILES string of the molecule is CCCCCCCCCCCCOC(=O)C(C)CBr. The first-order chi connectivity index (χ1) is 9.22. The highest BCUT2D eigenvalue weighted by atomic mass is 79.9. The van der Waals surface area contributed by atoms with Crippen LogP contribution in [0.4, 0.5) is 0 Å². The van der Waals surface area contributed by atoms with Crippen molar-refractivity contribution in [3.63, 3.8) is 0 Å². The van der Waals surface area contributed by atoms with Crippen LogP contribution >= 0.6 is 15.9 Å². The first-order valence-electron chi connectivity index (χ1n) is 7.95. The molecule has 0 N–H and O–H groups in total. The first-order valence-corrected chi connectivity index (χ1v) is 9.07. The zero-order valence-corrected chi connectivity index (χ0v) is 14.3. The maximum Gasteiger partial charge on any atom is 0.309 e. The first kappa shape index (κ1) is 18.9. The van der Waals surface area contributed by atoms with Crippen molar-refractivity contribution in [3.8, 4) is 0 Å². The average molecular weight is 335 g/mol. The van der Waals surface area contributed by atoms with E-state index in [1.807, 2.05) is 6.92 Å². The summed E-state index contributed by atoms with van der Waals surface area (Å²) >= 11 is 3.29. The number of halogens is 1. The molecule has 0 spiro atoms. The van der Waals surface area contributed by atoms with Gasteiger partial charge in [-0.15, -0.1) is 0 Å². The molecule has 2 nitrogen and oxygen atoms in total. The second kappa shape index (κ2) is 14.4. The van der Waals surface area contributed by atoms with Gasteiger partial charge in [-0.05, 0) is 6.42 Å². The second-order valence-corrected chi connectivity index (χ2v) is 6.05. The smallest absolute Gasteiger partial charge is 0.309 e. The van der Waals surface area contributed by atoms with Crippen molar-refractivity contribution in [2.75, 3.05) is 11.9 Å². The number of hydrogen-bond acceptors (Lipinski definition) is 2. The van der Waals surface area contributed by atoms with E-state index < -0.39 is 0 Å². The fourth-order valence-electron chi connectivity index (χ4n) is 1.97. The molecule has 0 saturated carbocycles. The van der Waals surface area contributed by atoms with E-state index in [1.54, 1.807) is 0 Å². The number of alkyl halides is 1. The molecule has 0 amide bonds. The summed E-state index contributed by atoms with van der Waals surface area (Å²) in [5, 5.41) is 0.684. The van der Waals surface area contributed by atoms with Gasteiger partial charge >= 0.3 is 5.97 Å².